The molecule has 1 aromatic carbocycles. The van der Waals surface area contributed by atoms with Crippen molar-refractivity contribution in [3.63, 3.8) is 0 Å². The third-order valence-electron chi connectivity index (χ3n) is 2.12. The Morgan fingerprint density at radius 1 is 1.38 bits per heavy atom. The fraction of sp³-hybridized carbons (Fsp3) is 0.0769. The average molecular weight is 211 g/mol. The molecule has 0 fully saturated rings. The minimum Gasteiger partial charge on any atom is -0.426 e. The van der Waals surface area contributed by atoms with E-state index in [2.05, 4.69) is 10.9 Å². The second-order valence-electron chi connectivity index (χ2n) is 3.26. The molecular weight excluding hydrogens is 202 g/mol. The second kappa shape index (κ2) is 4.03. The molecule has 2 rings (SSSR count). The van der Waals surface area contributed by atoms with Crippen molar-refractivity contribution in [1.82, 2.24) is 4.98 Å². The van der Waals surface area contributed by atoms with Crippen molar-refractivity contribution in [3.8, 4) is 23.6 Å². The van der Waals surface area contributed by atoms with E-state index in [4.69, 9.17) is 10.8 Å². The molecular formula is C13H9NO2. The number of hydrogen-bond acceptors (Lipinski definition) is 3. The van der Waals surface area contributed by atoms with Gasteiger partial charge in [0.05, 0.1) is 0 Å². The number of oxazole rings is 1. The highest BCUT2D eigenvalue weighted by Gasteiger charge is 2.17. The van der Waals surface area contributed by atoms with Gasteiger partial charge in [-0.05, 0) is 5.92 Å². The summed E-state index contributed by atoms with van der Waals surface area (Å²) < 4.78 is 5.18. The lowest BCUT2D eigenvalue weighted by Crippen LogP contribution is -1.92. The van der Waals surface area contributed by atoms with E-state index in [1.807, 2.05) is 30.3 Å². The Morgan fingerprint density at radius 3 is 2.62 bits per heavy atom. The predicted molar refractivity (Wildman–Crippen MR) is 59.9 cm³/mol. The predicted octanol–water partition coefficient (Wildman–Crippen LogP) is 2.53. The summed E-state index contributed by atoms with van der Waals surface area (Å²) in [7, 11) is 0. The number of carbonyl (C=O) groups excluding carboxylic acids is 1. The van der Waals surface area contributed by atoms with E-state index >= 15 is 0 Å². The fourth-order valence-electron chi connectivity index (χ4n) is 1.41. The van der Waals surface area contributed by atoms with Crippen molar-refractivity contribution in [2.75, 3.05) is 0 Å². The maximum absolute atomic E-state index is 11.4. The van der Waals surface area contributed by atoms with Crippen molar-refractivity contribution >= 4 is 5.78 Å². The standard InChI is InChI=1S/C13H9NO2/c1-3-11-14-12(13(16-11)9(2)15)10-7-5-4-6-8-10/h1,4-8H,2H3. The third-order valence-corrected chi connectivity index (χ3v) is 2.12. The summed E-state index contributed by atoms with van der Waals surface area (Å²) in [6.45, 7) is 1.42. The summed E-state index contributed by atoms with van der Waals surface area (Å²) in [5.41, 5.74) is 1.32. The number of rotatable bonds is 2. The van der Waals surface area contributed by atoms with E-state index in [0.717, 1.165) is 5.56 Å². The molecule has 3 heteroatoms. The molecule has 0 N–H and O–H groups in total. The van der Waals surface area contributed by atoms with Crippen LogP contribution in [0.25, 0.3) is 11.3 Å². The first-order valence-electron chi connectivity index (χ1n) is 4.76. The minimum atomic E-state index is -0.187. The molecule has 0 atom stereocenters. The van der Waals surface area contributed by atoms with Gasteiger partial charge in [0.25, 0.3) is 5.89 Å². The Labute approximate surface area is 93.1 Å². The molecule has 0 saturated carbocycles. The van der Waals surface area contributed by atoms with Crippen LogP contribution in [0.2, 0.25) is 0 Å². The lowest BCUT2D eigenvalue weighted by molar-refractivity contribution is 0.0987. The van der Waals surface area contributed by atoms with Crippen LogP contribution in [0.3, 0.4) is 0 Å². The van der Waals surface area contributed by atoms with Crippen LogP contribution in [-0.2, 0) is 0 Å². The van der Waals surface area contributed by atoms with Gasteiger partial charge in [0.15, 0.2) is 11.5 Å². The van der Waals surface area contributed by atoms with Crippen LogP contribution in [-0.4, -0.2) is 10.8 Å². The summed E-state index contributed by atoms with van der Waals surface area (Å²) in [4.78, 5) is 15.5. The zero-order valence-corrected chi connectivity index (χ0v) is 8.73. The van der Waals surface area contributed by atoms with Crippen LogP contribution in [0, 0.1) is 12.3 Å². The number of Topliss-reactive ketones (excluding diaryl/α,β-unsaturated/α-hetero) is 1. The fourth-order valence-corrected chi connectivity index (χ4v) is 1.41. The van der Waals surface area contributed by atoms with Crippen molar-refractivity contribution in [1.29, 1.82) is 0 Å². The van der Waals surface area contributed by atoms with Gasteiger partial charge in [0, 0.05) is 12.5 Å². The molecule has 3 nitrogen and oxygen atoms in total. The van der Waals surface area contributed by atoms with Gasteiger partial charge in [0.2, 0.25) is 0 Å². The normalized spacial score (nSPS) is 9.75. The Kier molecular flexibility index (Phi) is 2.57. The number of aromatic nitrogens is 1. The number of benzene rings is 1. The zero-order chi connectivity index (χ0) is 11.5. The molecule has 0 amide bonds. The van der Waals surface area contributed by atoms with Crippen LogP contribution in [0.5, 0.6) is 0 Å². The monoisotopic (exact) mass is 211 g/mol. The van der Waals surface area contributed by atoms with E-state index in [1.165, 1.54) is 6.92 Å². The summed E-state index contributed by atoms with van der Waals surface area (Å²) in [6, 6.07) is 9.32. The minimum absolute atomic E-state index is 0.129. The molecule has 0 spiro atoms. The molecule has 1 aromatic heterocycles. The van der Waals surface area contributed by atoms with Crippen LogP contribution in [0.4, 0.5) is 0 Å². The smallest absolute Gasteiger partial charge is 0.274 e. The number of nitrogens with zero attached hydrogens (tertiary/aromatic N) is 1. The summed E-state index contributed by atoms with van der Waals surface area (Å²) in [6.07, 6.45) is 5.19. The van der Waals surface area contributed by atoms with Crippen LogP contribution in [0.1, 0.15) is 23.4 Å². The maximum Gasteiger partial charge on any atom is 0.274 e. The first kappa shape index (κ1) is 10.2. The highest BCUT2D eigenvalue weighted by atomic mass is 16.4. The number of ketones is 1. The molecule has 78 valence electrons. The number of hydrogen-bond donors (Lipinski definition) is 0. The SMILES string of the molecule is C#Cc1nc(-c2ccccc2)c(C(C)=O)o1. The van der Waals surface area contributed by atoms with Gasteiger partial charge in [-0.2, -0.15) is 0 Å². The first-order chi connectivity index (χ1) is 7.72. The Bertz CT molecular complexity index is 561. The van der Waals surface area contributed by atoms with Crippen molar-refractivity contribution in [3.05, 3.63) is 42.0 Å². The largest absolute Gasteiger partial charge is 0.426 e. The summed E-state index contributed by atoms with van der Waals surface area (Å²) in [5, 5.41) is 0. The molecule has 0 unspecified atom stereocenters. The van der Waals surface area contributed by atoms with Gasteiger partial charge in [-0.25, -0.2) is 4.98 Å². The molecule has 0 saturated heterocycles. The topological polar surface area (TPSA) is 43.1 Å². The van der Waals surface area contributed by atoms with Gasteiger partial charge in [-0.3, -0.25) is 4.79 Å². The second-order valence-corrected chi connectivity index (χ2v) is 3.26. The molecule has 0 aliphatic heterocycles. The van der Waals surface area contributed by atoms with Crippen LogP contribution in [0.15, 0.2) is 34.7 Å². The Morgan fingerprint density at radius 2 is 2.06 bits per heavy atom. The average Bonchev–Trinajstić information content (AvgIpc) is 2.74. The van der Waals surface area contributed by atoms with E-state index in [0.29, 0.717) is 5.69 Å². The van der Waals surface area contributed by atoms with Gasteiger partial charge in [-0.1, -0.05) is 30.3 Å². The van der Waals surface area contributed by atoms with Crippen LogP contribution >= 0.6 is 0 Å². The first-order valence-corrected chi connectivity index (χ1v) is 4.76. The van der Waals surface area contributed by atoms with Gasteiger partial charge in [-0.15, -0.1) is 6.42 Å². The number of terminal acetylenes is 1. The number of carbonyl (C=O) groups is 1. The molecule has 0 aliphatic carbocycles. The van der Waals surface area contributed by atoms with Gasteiger partial charge in [0.1, 0.15) is 5.69 Å². The van der Waals surface area contributed by atoms with E-state index in [1.54, 1.807) is 0 Å². The van der Waals surface area contributed by atoms with Crippen molar-refractivity contribution < 1.29 is 9.21 Å². The van der Waals surface area contributed by atoms with Crippen molar-refractivity contribution in [2.24, 2.45) is 0 Å². The lowest BCUT2D eigenvalue weighted by Gasteiger charge is -1.96. The molecule has 16 heavy (non-hydrogen) atoms. The van der Waals surface area contributed by atoms with Gasteiger partial charge < -0.3 is 4.42 Å². The molecule has 0 radical (unpaired) electrons. The lowest BCUT2D eigenvalue weighted by atomic mass is 10.1. The molecule has 0 aliphatic rings. The highest BCUT2D eigenvalue weighted by molar-refractivity contribution is 5.97. The van der Waals surface area contributed by atoms with Crippen molar-refractivity contribution in [2.45, 2.75) is 6.92 Å². The summed E-state index contributed by atoms with van der Waals surface area (Å²) in [5.74, 6) is 2.43. The highest BCUT2D eigenvalue weighted by Crippen LogP contribution is 2.23. The molecule has 2 aromatic rings. The van der Waals surface area contributed by atoms with E-state index in [-0.39, 0.29) is 17.4 Å². The maximum atomic E-state index is 11.4. The van der Waals surface area contributed by atoms with Gasteiger partial charge >= 0.3 is 0 Å². The third kappa shape index (κ3) is 1.73. The Balaban J connectivity index is 2.61. The van der Waals surface area contributed by atoms with E-state index in [9.17, 15) is 4.79 Å². The zero-order valence-electron chi connectivity index (χ0n) is 8.73. The quantitative estimate of drug-likeness (QED) is 0.566. The molecule has 1 heterocycles. The van der Waals surface area contributed by atoms with Crippen LogP contribution < -0.4 is 0 Å². The van der Waals surface area contributed by atoms with E-state index < -0.39 is 0 Å². The summed E-state index contributed by atoms with van der Waals surface area (Å²) >= 11 is 0. The Hall–Kier alpha value is -2.34. The molecule has 0 bridgehead atoms.